The first-order chi connectivity index (χ1) is 15.0. The van der Waals surface area contributed by atoms with Crippen LogP contribution in [-0.2, 0) is 9.47 Å². The van der Waals surface area contributed by atoms with E-state index in [9.17, 15) is 4.79 Å². The van der Waals surface area contributed by atoms with Crippen molar-refractivity contribution in [3.63, 3.8) is 0 Å². The fourth-order valence-corrected chi connectivity index (χ4v) is 5.68. The van der Waals surface area contributed by atoms with Gasteiger partial charge in [0.25, 0.3) is 5.91 Å². The summed E-state index contributed by atoms with van der Waals surface area (Å²) in [5, 5.41) is 0. The molecule has 2 aliphatic heterocycles. The molecule has 0 radical (unpaired) electrons. The van der Waals surface area contributed by atoms with E-state index < -0.39 is 0 Å². The minimum Gasteiger partial charge on any atom is -0.364 e. The van der Waals surface area contributed by atoms with Crippen LogP contribution in [0.3, 0.4) is 0 Å². The molecule has 1 spiro atoms. The second-order valence-corrected chi connectivity index (χ2v) is 8.87. The average molecular weight is 419 g/mol. The van der Waals surface area contributed by atoms with Crippen LogP contribution in [0.25, 0.3) is 11.2 Å². The van der Waals surface area contributed by atoms with Crippen molar-refractivity contribution in [2.24, 2.45) is 5.92 Å². The van der Waals surface area contributed by atoms with Gasteiger partial charge in [-0.05, 0) is 31.4 Å². The largest absolute Gasteiger partial charge is 0.364 e. The van der Waals surface area contributed by atoms with Crippen LogP contribution < -0.4 is 4.90 Å². The van der Waals surface area contributed by atoms with Crippen molar-refractivity contribution in [2.75, 3.05) is 11.9 Å². The molecule has 3 aromatic rings. The van der Waals surface area contributed by atoms with Crippen LogP contribution in [0, 0.1) is 5.92 Å². The maximum Gasteiger partial charge on any atom is 0.259 e. The van der Waals surface area contributed by atoms with Crippen molar-refractivity contribution >= 4 is 22.9 Å². The minimum absolute atomic E-state index is 0.0399. The first-order valence-corrected chi connectivity index (χ1v) is 10.9. The lowest BCUT2D eigenvalue weighted by Gasteiger charge is -2.38. The summed E-state index contributed by atoms with van der Waals surface area (Å²) in [6.07, 6.45) is 5.93. The van der Waals surface area contributed by atoms with Crippen molar-refractivity contribution in [3.05, 3.63) is 48.5 Å². The molecule has 3 aliphatic rings. The lowest BCUT2D eigenvalue weighted by Crippen LogP contribution is -2.46. The molecule has 1 amide bonds. The highest BCUT2D eigenvalue weighted by molar-refractivity contribution is 6.08. The van der Waals surface area contributed by atoms with Gasteiger partial charge in [-0.15, -0.1) is 0 Å². The summed E-state index contributed by atoms with van der Waals surface area (Å²) in [5.41, 5.74) is 1.44. The summed E-state index contributed by atoms with van der Waals surface area (Å²) in [6, 6.07) is 9.14. The van der Waals surface area contributed by atoms with Crippen LogP contribution >= 0.6 is 0 Å². The standard InChI is InChI=1S/C23H25N5O3/c1-4-23-14(2)17(30-22(23)10-11-22)21(31-23)28-13-26-16-18(24-12-25-19(16)28)27(3)20(29)15-8-6-5-7-9-15/h5-9,12-14,17,21H,4,10-11H2,1-3H3/t14?,17-,21+,23+/m0/s1. The van der Waals surface area contributed by atoms with Gasteiger partial charge in [0.1, 0.15) is 18.0 Å². The number of carbonyl (C=O) groups excluding carboxylic acids is 1. The molecule has 8 nitrogen and oxygen atoms in total. The fourth-order valence-electron chi connectivity index (χ4n) is 5.68. The van der Waals surface area contributed by atoms with Crippen molar-refractivity contribution in [3.8, 4) is 0 Å². The Morgan fingerprint density at radius 3 is 2.68 bits per heavy atom. The van der Waals surface area contributed by atoms with Crippen molar-refractivity contribution in [2.45, 2.75) is 56.6 Å². The molecule has 4 heterocycles. The lowest BCUT2D eigenvalue weighted by atomic mass is 9.82. The number of anilines is 1. The number of amides is 1. The van der Waals surface area contributed by atoms with Crippen LogP contribution in [0.5, 0.6) is 0 Å². The highest BCUT2D eigenvalue weighted by Crippen LogP contribution is 2.67. The summed E-state index contributed by atoms with van der Waals surface area (Å²) in [7, 11) is 1.71. The van der Waals surface area contributed by atoms with E-state index in [2.05, 4.69) is 28.8 Å². The molecule has 1 aromatic carbocycles. The SMILES string of the molecule is CC[C@]12O[C@@H](n3cnc4c(N(C)C(=O)c5ccccc5)ncnc43)[C@@H](OC13CC3)C2C. The Kier molecular flexibility index (Phi) is 3.86. The van der Waals surface area contributed by atoms with E-state index in [1.54, 1.807) is 25.5 Å². The summed E-state index contributed by atoms with van der Waals surface area (Å²) in [5.74, 6) is 0.619. The molecule has 0 N–H and O–H groups in total. The number of hydrogen-bond donors (Lipinski definition) is 0. The zero-order chi connectivity index (χ0) is 21.4. The van der Waals surface area contributed by atoms with Crippen LogP contribution in [0.2, 0.25) is 0 Å². The Hall–Kier alpha value is -2.84. The number of fused-ring (bicyclic) bond motifs is 4. The van der Waals surface area contributed by atoms with E-state index in [-0.39, 0.29) is 29.4 Å². The third-order valence-electron chi connectivity index (χ3n) is 7.46. The molecule has 6 rings (SSSR count). The highest BCUT2D eigenvalue weighted by Gasteiger charge is 2.76. The molecule has 3 fully saturated rings. The smallest absolute Gasteiger partial charge is 0.259 e. The third-order valence-corrected chi connectivity index (χ3v) is 7.46. The second kappa shape index (κ2) is 6.34. The highest BCUT2D eigenvalue weighted by atomic mass is 16.6. The van der Waals surface area contributed by atoms with E-state index in [1.165, 1.54) is 11.2 Å². The van der Waals surface area contributed by atoms with E-state index in [0.717, 1.165) is 19.3 Å². The van der Waals surface area contributed by atoms with Crippen molar-refractivity contribution in [1.82, 2.24) is 19.5 Å². The van der Waals surface area contributed by atoms with Gasteiger partial charge in [0.05, 0.1) is 11.9 Å². The summed E-state index contributed by atoms with van der Waals surface area (Å²) in [4.78, 5) is 27.9. The Morgan fingerprint density at radius 1 is 1.19 bits per heavy atom. The van der Waals surface area contributed by atoms with Gasteiger partial charge in [0, 0.05) is 18.5 Å². The molecule has 8 heteroatoms. The molecular formula is C23H25N5O3. The molecule has 2 bridgehead atoms. The van der Waals surface area contributed by atoms with Crippen molar-refractivity contribution < 1.29 is 14.3 Å². The molecule has 4 atom stereocenters. The lowest BCUT2D eigenvalue weighted by molar-refractivity contribution is -0.223. The minimum atomic E-state index is -0.288. The van der Waals surface area contributed by atoms with Gasteiger partial charge in [0.2, 0.25) is 0 Å². The number of carbonyl (C=O) groups is 1. The number of nitrogens with zero attached hydrogens (tertiary/aromatic N) is 5. The zero-order valence-corrected chi connectivity index (χ0v) is 17.9. The quantitative estimate of drug-likeness (QED) is 0.645. The van der Waals surface area contributed by atoms with Gasteiger partial charge in [-0.1, -0.05) is 32.0 Å². The predicted octanol–water partition coefficient (Wildman–Crippen LogP) is 3.35. The third kappa shape index (κ3) is 2.37. The fraction of sp³-hybridized carbons (Fsp3) is 0.478. The molecule has 1 saturated carbocycles. The van der Waals surface area contributed by atoms with E-state index >= 15 is 0 Å². The van der Waals surface area contributed by atoms with E-state index in [1.807, 2.05) is 22.8 Å². The number of ether oxygens (including phenoxy) is 2. The monoisotopic (exact) mass is 419 g/mol. The zero-order valence-electron chi connectivity index (χ0n) is 17.9. The van der Waals surface area contributed by atoms with E-state index in [4.69, 9.17) is 9.47 Å². The summed E-state index contributed by atoms with van der Waals surface area (Å²) >= 11 is 0. The first-order valence-electron chi connectivity index (χ1n) is 10.9. The topological polar surface area (TPSA) is 82.4 Å². The molecule has 2 aromatic heterocycles. The number of benzene rings is 1. The van der Waals surface area contributed by atoms with Crippen LogP contribution in [0.1, 0.15) is 49.7 Å². The maximum atomic E-state index is 12.9. The Balaban J connectivity index is 1.37. The van der Waals surface area contributed by atoms with Gasteiger partial charge in [-0.2, -0.15) is 0 Å². The molecule has 160 valence electrons. The van der Waals surface area contributed by atoms with Gasteiger partial charge in [-0.25, -0.2) is 15.0 Å². The number of rotatable bonds is 4. The molecule has 2 saturated heterocycles. The van der Waals surface area contributed by atoms with Gasteiger partial charge in [-0.3, -0.25) is 14.3 Å². The molecular weight excluding hydrogens is 394 g/mol. The number of imidazole rings is 1. The molecule has 31 heavy (non-hydrogen) atoms. The average Bonchev–Trinajstić information content (AvgIpc) is 3.27. The second-order valence-electron chi connectivity index (χ2n) is 8.87. The molecule has 1 unspecified atom stereocenters. The van der Waals surface area contributed by atoms with Crippen LogP contribution in [0.4, 0.5) is 5.82 Å². The maximum absolute atomic E-state index is 12.9. The normalized spacial score (nSPS) is 30.2. The Labute approximate surface area is 180 Å². The molecule has 1 aliphatic carbocycles. The number of hydrogen-bond acceptors (Lipinski definition) is 6. The van der Waals surface area contributed by atoms with Crippen LogP contribution in [-0.4, -0.2) is 49.8 Å². The predicted molar refractivity (Wildman–Crippen MR) is 114 cm³/mol. The van der Waals surface area contributed by atoms with Crippen molar-refractivity contribution in [1.29, 1.82) is 0 Å². The van der Waals surface area contributed by atoms with E-state index in [0.29, 0.717) is 28.5 Å². The Bertz CT molecular complexity index is 1170. The first kappa shape index (κ1) is 18.9. The van der Waals surface area contributed by atoms with Gasteiger partial charge < -0.3 is 9.47 Å². The van der Waals surface area contributed by atoms with Gasteiger partial charge in [0.15, 0.2) is 23.2 Å². The van der Waals surface area contributed by atoms with Gasteiger partial charge >= 0.3 is 0 Å². The Morgan fingerprint density at radius 2 is 1.97 bits per heavy atom. The summed E-state index contributed by atoms with van der Waals surface area (Å²) < 4.78 is 15.2. The van der Waals surface area contributed by atoms with Crippen LogP contribution in [0.15, 0.2) is 43.0 Å². The summed E-state index contributed by atoms with van der Waals surface area (Å²) in [6.45, 7) is 4.41. The number of aromatic nitrogens is 4.